The standard InChI is InChI=1S/C15H23F2N3O2/c1-4-5-8-19-15(18-2)20-10-11-6-7-12(21-3)9-13(11)22-14(16)17/h6-7,9,14H,4-5,8,10H2,1-3H3,(H2,18,19,20). The normalized spacial score (nSPS) is 11.5. The van der Waals surface area contributed by atoms with Gasteiger partial charge in [-0.1, -0.05) is 13.3 Å². The van der Waals surface area contributed by atoms with Crippen molar-refractivity contribution in [1.29, 1.82) is 0 Å². The summed E-state index contributed by atoms with van der Waals surface area (Å²) in [6, 6.07) is 4.82. The average Bonchev–Trinajstić information content (AvgIpc) is 2.51. The number of rotatable bonds is 8. The number of ether oxygens (including phenoxy) is 2. The second-order valence-corrected chi connectivity index (χ2v) is 4.56. The Balaban J connectivity index is 2.70. The molecule has 124 valence electrons. The fourth-order valence-electron chi connectivity index (χ4n) is 1.80. The average molecular weight is 315 g/mol. The van der Waals surface area contributed by atoms with E-state index in [0.29, 0.717) is 23.8 Å². The summed E-state index contributed by atoms with van der Waals surface area (Å²) in [5.74, 6) is 1.17. The van der Waals surface area contributed by atoms with Crippen LogP contribution in [0.1, 0.15) is 25.3 Å². The number of nitrogens with one attached hydrogen (secondary N) is 2. The molecule has 0 radical (unpaired) electrons. The molecule has 0 aromatic heterocycles. The van der Waals surface area contributed by atoms with E-state index in [1.807, 2.05) is 0 Å². The molecule has 0 unspecified atom stereocenters. The third-order valence-electron chi connectivity index (χ3n) is 2.98. The van der Waals surface area contributed by atoms with Crippen LogP contribution in [-0.4, -0.2) is 33.3 Å². The zero-order chi connectivity index (χ0) is 16.4. The predicted molar refractivity (Wildman–Crippen MR) is 82.7 cm³/mol. The van der Waals surface area contributed by atoms with E-state index in [9.17, 15) is 8.78 Å². The highest BCUT2D eigenvalue weighted by atomic mass is 19.3. The van der Waals surface area contributed by atoms with Gasteiger partial charge >= 0.3 is 6.61 Å². The Morgan fingerprint density at radius 2 is 2.09 bits per heavy atom. The van der Waals surface area contributed by atoms with Gasteiger partial charge in [0.05, 0.1) is 7.11 Å². The number of hydrogen-bond donors (Lipinski definition) is 2. The van der Waals surface area contributed by atoms with Gasteiger partial charge in [-0.25, -0.2) is 0 Å². The highest BCUT2D eigenvalue weighted by Gasteiger charge is 2.11. The van der Waals surface area contributed by atoms with Crippen molar-refractivity contribution in [3.05, 3.63) is 23.8 Å². The molecule has 0 saturated heterocycles. The van der Waals surface area contributed by atoms with Crippen molar-refractivity contribution < 1.29 is 18.3 Å². The Morgan fingerprint density at radius 3 is 2.68 bits per heavy atom. The number of alkyl halides is 2. The summed E-state index contributed by atoms with van der Waals surface area (Å²) >= 11 is 0. The highest BCUT2D eigenvalue weighted by molar-refractivity contribution is 5.79. The molecule has 0 atom stereocenters. The fourth-order valence-corrected chi connectivity index (χ4v) is 1.80. The maximum absolute atomic E-state index is 12.5. The van der Waals surface area contributed by atoms with E-state index < -0.39 is 6.61 Å². The zero-order valence-electron chi connectivity index (χ0n) is 13.2. The Bertz CT molecular complexity index is 482. The van der Waals surface area contributed by atoms with Crippen LogP contribution in [0.5, 0.6) is 11.5 Å². The molecule has 0 aliphatic rings. The number of nitrogens with zero attached hydrogens (tertiary/aromatic N) is 1. The molecule has 0 spiro atoms. The lowest BCUT2D eigenvalue weighted by Gasteiger charge is -2.15. The van der Waals surface area contributed by atoms with E-state index in [0.717, 1.165) is 19.4 Å². The molecule has 0 bridgehead atoms. The van der Waals surface area contributed by atoms with Crippen molar-refractivity contribution in [2.24, 2.45) is 4.99 Å². The summed E-state index contributed by atoms with van der Waals surface area (Å²) in [6.07, 6.45) is 2.11. The van der Waals surface area contributed by atoms with Crippen LogP contribution in [0, 0.1) is 0 Å². The van der Waals surface area contributed by atoms with Crippen LogP contribution in [-0.2, 0) is 6.54 Å². The molecule has 1 aromatic carbocycles. The maximum atomic E-state index is 12.5. The second-order valence-electron chi connectivity index (χ2n) is 4.56. The molecule has 5 nitrogen and oxygen atoms in total. The Labute approximate surface area is 129 Å². The molecule has 0 aliphatic heterocycles. The van der Waals surface area contributed by atoms with E-state index in [-0.39, 0.29) is 5.75 Å². The van der Waals surface area contributed by atoms with Crippen molar-refractivity contribution in [2.75, 3.05) is 20.7 Å². The molecule has 0 amide bonds. The van der Waals surface area contributed by atoms with Gasteiger partial charge in [-0.2, -0.15) is 8.78 Å². The summed E-state index contributed by atoms with van der Waals surface area (Å²) in [7, 11) is 3.13. The number of hydrogen-bond acceptors (Lipinski definition) is 3. The summed E-state index contributed by atoms with van der Waals surface area (Å²) in [5, 5.41) is 6.22. The topological polar surface area (TPSA) is 54.9 Å². The van der Waals surface area contributed by atoms with Gasteiger partial charge < -0.3 is 20.1 Å². The lowest BCUT2D eigenvalue weighted by molar-refractivity contribution is -0.0505. The predicted octanol–water partition coefficient (Wildman–Crippen LogP) is 2.76. The van der Waals surface area contributed by atoms with Gasteiger partial charge in [-0.15, -0.1) is 0 Å². The Hall–Kier alpha value is -2.05. The van der Waals surface area contributed by atoms with Crippen LogP contribution in [0.2, 0.25) is 0 Å². The molecule has 0 aliphatic carbocycles. The van der Waals surface area contributed by atoms with Gasteiger partial charge in [-0.05, 0) is 18.6 Å². The van der Waals surface area contributed by atoms with Gasteiger partial charge in [0.1, 0.15) is 11.5 Å². The van der Waals surface area contributed by atoms with Crippen molar-refractivity contribution in [2.45, 2.75) is 32.9 Å². The third kappa shape index (κ3) is 6.15. The summed E-state index contributed by atoms with van der Waals surface area (Å²) < 4.78 is 34.5. The molecule has 0 heterocycles. The van der Waals surface area contributed by atoms with Crippen LogP contribution in [0.4, 0.5) is 8.78 Å². The number of methoxy groups -OCH3 is 1. The Kier molecular flexibility index (Phi) is 8.03. The van der Waals surface area contributed by atoms with Crippen LogP contribution < -0.4 is 20.1 Å². The van der Waals surface area contributed by atoms with Crippen LogP contribution in [0.15, 0.2) is 23.2 Å². The van der Waals surface area contributed by atoms with E-state index >= 15 is 0 Å². The van der Waals surface area contributed by atoms with Gasteiger partial charge in [-0.3, -0.25) is 4.99 Å². The highest BCUT2D eigenvalue weighted by Crippen LogP contribution is 2.26. The second kappa shape index (κ2) is 9.81. The minimum atomic E-state index is -2.88. The van der Waals surface area contributed by atoms with E-state index in [4.69, 9.17) is 4.74 Å². The van der Waals surface area contributed by atoms with E-state index in [2.05, 4.69) is 27.3 Å². The third-order valence-corrected chi connectivity index (χ3v) is 2.98. The summed E-state index contributed by atoms with van der Waals surface area (Å²) in [6.45, 7) is 0.341. The quantitative estimate of drug-likeness (QED) is 0.440. The molecular weight excluding hydrogens is 292 g/mol. The van der Waals surface area contributed by atoms with Crippen molar-refractivity contribution in [3.63, 3.8) is 0 Å². The van der Waals surface area contributed by atoms with Crippen LogP contribution in [0.25, 0.3) is 0 Å². The minimum absolute atomic E-state index is 0.0888. The van der Waals surface area contributed by atoms with Crippen LogP contribution >= 0.6 is 0 Å². The van der Waals surface area contributed by atoms with Gasteiger partial charge in [0.25, 0.3) is 0 Å². The number of benzene rings is 1. The minimum Gasteiger partial charge on any atom is -0.497 e. The SMILES string of the molecule is CCCCNC(=NC)NCc1ccc(OC)cc1OC(F)F. The Morgan fingerprint density at radius 1 is 1.32 bits per heavy atom. The van der Waals surface area contributed by atoms with E-state index in [1.165, 1.54) is 13.2 Å². The zero-order valence-corrected chi connectivity index (χ0v) is 13.2. The van der Waals surface area contributed by atoms with Gasteiger partial charge in [0.15, 0.2) is 5.96 Å². The smallest absolute Gasteiger partial charge is 0.387 e. The first-order chi connectivity index (χ1) is 10.6. The number of halogens is 2. The molecular formula is C15H23F2N3O2. The first kappa shape index (κ1) is 18.0. The molecule has 7 heteroatoms. The number of guanidine groups is 1. The molecule has 22 heavy (non-hydrogen) atoms. The summed E-state index contributed by atoms with van der Waals surface area (Å²) in [4.78, 5) is 4.08. The van der Waals surface area contributed by atoms with E-state index in [1.54, 1.807) is 19.2 Å². The lowest BCUT2D eigenvalue weighted by atomic mass is 10.2. The fraction of sp³-hybridized carbons (Fsp3) is 0.533. The van der Waals surface area contributed by atoms with Crippen LogP contribution in [0.3, 0.4) is 0 Å². The largest absolute Gasteiger partial charge is 0.497 e. The lowest BCUT2D eigenvalue weighted by Crippen LogP contribution is -2.37. The summed E-state index contributed by atoms with van der Waals surface area (Å²) in [5.41, 5.74) is 0.597. The van der Waals surface area contributed by atoms with Gasteiger partial charge in [0.2, 0.25) is 0 Å². The van der Waals surface area contributed by atoms with Crippen molar-refractivity contribution in [1.82, 2.24) is 10.6 Å². The molecule has 1 aromatic rings. The molecule has 0 fully saturated rings. The number of unbranched alkanes of at least 4 members (excludes halogenated alkanes) is 1. The molecule has 1 rings (SSSR count). The van der Waals surface area contributed by atoms with Crippen molar-refractivity contribution in [3.8, 4) is 11.5 Å². The first-order valence-corrected chi connectivity index (χ1v) is 7.17. The van der Waals surface area contributed by atoms with Gasteiger partial charge in [0, 0.05) is 31.8 Å². The maximum Gasteiger partial charge on any atom is 0.387 e. The monoisotopic (exact) mass is 315 g/mol. The van der Waals surface area contributed by atoms with Crippen molar-refractivity contribution >= 4 is 5.96 Å². The molecule has 0 saturated carbocycles. The number of aliphatic imine (C=N–C) groups is 1. The molecule has 2 N–H and O–H groups in total. The first-order valence-electron chi connectivity index (χ1n) is 7.17.